The molecular weight excluding hydrogens is 482 g/mol. The van der Waals surface area contributed by atoms with Crippen molar-refractivity contribution in [1.82, 2.24) is 15.1 Å². The van der Waals surface area contributed by atoms with Crippen molar-refractivity contribution >= 4 is 23.6 Å². The Labute approximate surface area is 222 Å². The van der Waals surface area contributed by atoms with Crippen molar-refractivity contribution in [1.29, 1.82) is 0 Å². The molecule has 1 aliphatic rings. The number of fused-ring (bicyclic) bond motifs is 1. The molecule has 1 aliphatic heterocycles. The van der Waals surface area contributed by atoms with Crippen LogP contribution in [0.2, 0.25) is 0 Å². The Balaban J connectivity index is 1.52. The number of imide groups is 1. The molecule has 0 unspecified atom stereocenters. The fourth-order valence-corrected chi connectivity index (χ4v) is 4.66. The number of carbonyl (C=O) groups excluding carboxylic acids is 4. The van der Waals surface area contributed by atoms with Crippen LogP contribution in [0.4, 0.5) is 0 Å². The van der Waals surface area contributed by atoms with Gasteiger partial charge in [0.1, 0.15) is 11.8 Å². The number of nitrogens with one attached hydrogen (secondary N) is 1. The fraction of sp³-hybridized carbons (Fsp3) is 0.267. The second-order valence-electron chi connectivity index (χ2n) is 9.10. The van der Waals surface area contributed by atoms with E-state index in [1.54, 1.807) is 43.3 Å². The summed E-state index contributed by atoms with van der Waals surface area (Å²) in [6, 6.07) is 22.9. The highest BCUT2D eigenvalue weighted by Crippen LogP contribution is 2.23. The Kier molecular flexibility index (Phi) is 8.53. The molecule has 8 heteroatoms. The zero-order valence-electron chi connectivity index (χ0n) is 21.6. The summed E-state index contributed by atoms with van der Waals surface area (Å²) in [7, 11) is 3.13. The summed E-state index contributed by atoms with van der Waals surface area (Å²) in [6.45, 7) is 0.322. The molecular formula is C30H31N3O5. The molecule has 1 heterocycles. The first-order valence-electron chi connectivity index (χ1n) is 12.6. The molecule has 0 fully saturated rings. The first-order valence-corrected chi connectivity index (χ1v) is 12.6. The molecule has 3 aromatic carbocycles. The van der Waals surface area contributed by atoms with Gasteiger partial charge in [-0.3, -0.25) is 24.1 Å². The number of hydrogen-bond donors (Lipinski definition) is 1. The summed E-state index contributed by atoms with van der Waals surface area (Å²) < 4.78 is 5.34. The average molecular weight is 514 g/mol. The van der Waals surface area contributed by atoms with Crippen molar-refractivity contribution in [2.75, 3.05) is 20.7 Å². The van der Waals surface area contributed by atoms with Gasteiger partial charge in [-0.2, -0.15) is 0 Å². The van der Waals surface area contributed by atoms with E-state index in [2.05, 4.69) is 5.32 Å². The van der Waals surface area contributed by atoms with Gasteiger partial charge in [-0.1, -0.05) is 54.6 Å². The molecule has 0 aliphatic carbocycles. The van der Waals surface area contributed by atoms with Gasteiger partial charge in [-0.05, 0) is 41.8 Å². The van der Waals surface area contributed by atoms with Crippen molar-refractivity contribution in [2.24, 2.45) is 0 Å². The summed E-state index contributed by atoms with van der Waals surface area (Å²) in [4.78, 5) is 54.8. The van der Waals surface area contributed by atoms with Crippen LogP contribution < -0.4 is 10.1 Å². The fourth-order valence-electron chi connectivity index (χ4n) is 4.66. The third-order valence-corrected chi connectivity index (χ3v) is 6.66. The Hall–Kier alpha value is -4.46. The predicted octanol–water partition coefficient (Wildman–Crippen LogP) is 3.46. The number of ether oxygens (including phenoxy) is 1. The summed E-state index contributed by atoms with van der Waals surface area (Å²) in [5.74, 6) is -0.559. The van der Waals surface area contributed by atoms with Crippen molar-refractivity contribution in [3.63, 3.8) is 0 Å². The molecule has 1 atom stereocenters. The second-order valence-corrected chi connectivity index (χ2v) is 9.10. The molecule has 0 radical (unpaired) electrons. The van der Waals surface area contributed by atoms with Crippen LogP contribution >= 0.6 is 0 Å². The van der Waals surface area contributed by atoms with Crippen LogP contribution in [-0.2, 0) is 22.6 Å². The van der Waals surface area contributed by atoms with Crippen molar-refractivity contribution in [3.8, 4) is 5.75 Å². The number of amides is 4. The number of benzene rings is 3. The first-order chi connectivity index (χ1) is 18.4. The van der Waals surface area contributed by atoms with Gasteiger partial charge in [-0.25, -0.2) is 0 Å². The number of carbonyl (C=O) groups is 4. The maximum Gasteiger partial charge on any atom is 0.261 e. The topological polar surface area (TPSA) is 96.0 Å². The number of nitrogens with zero attached hydrogens (tertiary/aromatic N) is 2. The lowest BCUT2D eigenvalue weighted by Gasteiger charge is -2.31. The minimum atomic E-state index is -0.750. The molecule has 0 spiro atoms. The lowest BCUT2D eigenvalue weighted by Crippen LogP contribution is -2.49. The van der Waals surface area contributed by atoms with Crippen LogP contribution in [0.5, 0.6) is 5.75 Å². The van der Waals surface area contributed by atoms with Gasteiger partial charge < -0.3 is 15.0 Å². The first kappa shape index (κ1) is 26.6. The third-order valence-electron chi connectivity index (χ3n) is 6.66. The van der Waals surface area contributed by atoms with Gasteiger partial charge >= 0.3 is 0 Å². The largest absolute Gasteiger partial charge is 0.497 e. The zero-order chi connectivity index (χ0) is 27.1. The van der Waals surface area contributed by atoms with E-state index in [9.17, 15) is 19.2 Å². The maximum atomic E-state index is 13.6. The maximum absolute atomic E-state index is 13.6. The van der Waals surface area contributed by atoms with E-state index in [0.717, 1.165) is 11.1 Å². The predicted molar refractivity (Wildman–Crippen MR) is 143 cm³/mol. The average Bonchev–Trinajstić information content (AvgIpc) is 3.20. The van der Waals surface area contributed by atoms with E-state index in [1.807, 2.05) is 54.6 Å². The number of hydrogen-bond acceptors (Lipinski definition) is 5. The Morgan fingerprint density at radius 2 is 1.53 bits per heavy atom. The van der Waals surface area contributed by atoms with Crippen molar-refractivity contribution < 1.29 is 23.9 Å². The van der Waals surface area contributed by atoms with Gasteiger partial charge in [0.2, 0.25) is 11.8 Å². The number of rotatable bonds is 11. The quantitative estimate of drug-likeness (QED) is 0.396. The van der Waals surface area contributed by atoms with Crippen LogP contribution in [-0.4, -0.2) is 60.2 Å². The van der Waals surface area contributed by atoms with Gasteiger partial charge in [0, 0.05) is 33.0 Å². The van der Waals surface area contributed by atoms with Gasteiger partial charge in [0.25, 0.3) is 11.8 Å². The molecule has 3 aromatic rings. The summed E-state index contributed by atoms with van der Waals surface area (Å²) in [6.07, 6.45) is 0.693. The molecule has 0 aromatic heterocycles. The highest BCUT2D eigenvalue weighted by molar-refractivity contribution is 6.21. The molecule has 4 amide bonds. The van der Waals surface area contributed by atoms with Crippen LogP contribution in [0.15, 0.2) is 78.9 Å². The van der Waals surface area contributed by atoms with E-state index >= 15 is 0 Å². The van der Waals surface area contributed by atoms with Crippen LogP contribution in [0.3, 0.4) is 0 Å². The molecule has 0 saturated heterocycles. The van der Waals surface area contributed by atoms with E-state index < -0.39 is 6.04 Å². The standard InChI is InChI=1S/C30H31N3O5/c1-31-28(35)26(19-21-10-4-3-5-11-21)33(20-22-12-8-13-23(18-22)38-2)27(34)16-9-17-32-29(36)24-14-6-7-15-25(24)30(32)37/h3-8,10-15,18,26H,9,16-17,19-20H2,1-2H3,(H,31,35)/t26-/m1/s1. The van der Waals surface area contributed by atoms with Crippen LogP contribution in [0.25, 0.3) is 0 Å². The van der Waals surface area contributed by atoms with Gasteiger partial charge in [0.15, 0.2) is 0 Å². The van der Waals surface area contributed by atoms with Gasteiger partial charge in [-0.15, -0.1) is 0 Å². The van der Waals surface area contributed by atoms with E-state index in [4.69, 9.17) is 4.74 Å². The minimum Gasteiger partial charge on any atom is -0.497 e. The van der Waals surface area contributed by atoms with E-state index in [-0.39, 0.29) is 49.6 Å². The smallest absolute Gasteiger partial charge is 0.261 e. The van der Waals surface area contributed by atoms with Crippen molar-refractivity contribution in [2.45, 2.75) is 31.8 Å². The lowest BCUT2D eigenvalue weighted by molar-refractivity contribution is -0.141. The Bertz CT molecular complexity index is 1290. The van der Waals surface area contributed by atoms with Crippen LogP contribution in [0, 0.1) is 0 Å². The SMILES string of the molecule is CNC(=O)[C@@H](Cc1ccccc1)N(Cc1cccc(OC)c1)C(=O)CCCN1C(=O)c2ccccc2C1=O. The summed E-state index contributed by atoms with van der Waals surface area (Å²) >= 11 is 0. The van der Waals surface area contributed by atoms with Crippen molar-refractivity contribution in [3.05, 3.63) is 101 Å². The number of methoxy groups -OCH3 is 1. The van der Waals surface area contributed by atoms with Gasteiger partial charge in [0.05, 0.1) is 18.2 Å². The molecule has 38 heavy (non-hydrogen) atoms. The molecule has 8 nitrogen and oxygen atoms in total. The summed E-state index contributed by atoms with van der Waals surface area (Å²) in [5.41, 5.74) is 2.51. The van der Waals surface area contributed by atoms with Crippen LogP contribution in [0.1, 0.15) is 44.7 Å². The normalized spacial score (nSPS) is 13.2. The minimum absolute atomic E-state index is 0.0691. The number of likely N-dealkylation sites (N-methyl/N-ethyl adjacent to an activating group) is 1. The molecule has 4 rings (SSSR count). The third kappa shape index (κ3) is 5.91. The molecule has 196 valence electrons. The van der Waals surface area contributed by atoms with E-state index in [0.29, 0.717) is 23.3 Å². The second kappa shape index (κ2) is 12.2. The highest BCUT2D eigenvalue weighted by Gasteiger charge is 2.35. The van der Waals surface area contributed by atoms with E-state index in [1.165, 1.54) is 4.90 Å². The summed E-state index contributed by atoms with van der Waals surface area (Å²) in [5, 5.41) is 2.70. The molecule has 0 bridgehead atoms. The molecule has 1 N–H and O–H groups in total. The lowest BCUT2D eigenvalue weighted by atomic mass is 10.0. The Morgan fingerprint density at radius 1 is 0.895 bits per heavy atom. The Morgan fingerprint density at radius 3 is 2.16 bits per heavy atom. The zero-order valence-corrected chi connectivity index (χ0v) is 21.6. The monoisotopic (exact) mass is 513 g/mol. The molecule has 0 saturated carbocycles. The highest BCUT2D eigenvalue weighted by atomic mass is 16.5.